The van der Waals surface area contributed by atoms with E-state index in [2.05, 4.69) is 0 Å². The molecule has 4 rings (SSSR count). The molecule has 1 saturated heterocycles. The predicted octanol–water partition coefficient (Wildman–Crippen LogP) is 4.67. The first kappa shape index (κ1) is 15.6. The molecule has 2 unspecified atom stereocenters. The monoisotopic (exact) mass is 329 g/mol. The van der Waals surface area contributed by atoms with Crippen molar-refractivity contribution < 1.29 is 9.53 Å². The van der Waals surface area contributed by atoms with Gasteiger partial charge in [-0.15, -0.1) is 0 Å². The Balaban J connectivity index is 1.69. The Kier molecular flexibility index (Phi) is 3.86. The molecule has 1 amide bonds. The van der Waals surface area contributed by atoms with Crippen LogP contribution in [0.3, 0.4) is 0 Å². The fourth-order valence-corrected chi connectivity index (χ4v) is 3.16. The fourth-order valence-electron chi connectivity index (χ4n) is 3.16. The maximum atomic E-state index is 13.3. The second kappa shape index (κ2) is 6.19. The molecule has 25 heavy (non-hydrogen) atoms. The van der Waals surface area contributed by atoms with E-state index in [1.165, 1.54) is 0 Å². The van der Waals surface area contributed by atoms with Gasteiger partial charge in [-0.3, -0.25) is 9.69 Å². The third-order valence-corrected chi connectivity index (χ3v) is 4.63. The number of epoxide rings is 1. The van der Waals surface area contributed by atoms with Gasteiger partial charge in [-0.2, -0.15) is 0 Å². The predicted molar refractivity (Wildman–Crippen MR) is 98.7 cm³/mol. The molecule has 3 aromatic carbocycles. The molecule has 0 aromatic heterocycles. The summed E-state index contributed by atoms with van der Waals surface area (Å²) in [6, 6.07) is 29.3. The van der Waals surface area contributed by atoms with Gasteiger partial charge in [-0.25, -0.2) is 0 Å². The zero-order valence-corrected chi connectivity index (χ0v) is 14.0. The molecule has 3 aromatic rings. The molecule has 0 aliphatic carbocycles. The van der Waals surface area contributed by atoms with Gasteiger partial charge in [0, 0.05) is 11.4 Å². The molecule has 0 bridgehead atoms. The SMILES string of the molecule is CC1(c2ccccc2)OC1C(=O)N(c1ccccc1)c1ccccc1. The molecule has 1 fully saturated rings. The molecule has 1 aliphatic rings. The van der Waals surface area contributed by atoms with Crippen LogP contribution < -0.4 is 4.90 Å². The highest BCUT2D eigenvalue weighted by molar-refractivity contribution is 6.05. The molecule has 2 atom stereocenters. The van der Waals surface area contributed by atoms with Crippen molar-refractivity contribution in [1.29, 1.82) is 0 Å². The average molecular weight is 329 g/mol. The second-order valence-corrected chi connectivity index (χ2v) is 6.32. The van der Waals surface area contributed by atoms with Crippen LogP contribution in [-0.2, 0) is 15.1 Å². The van der Waals surface area contributed by atoms with E-state index in [9.17, 15) is 4.79 Å². The minimum absolute atomic E-state index is 0.0521. The van der Waals surface area contributed by atoms with Crippen LogP contribution in [0, 0.1) is 0 Å². The van der Waals surface area contributed by atoms with Crippen LogP contribution in [0.1, 0.15) is 12.5 Å². The van der Waals surface area contributed by atoms with Gasteiger partial charge in [0.15, 0.2) is 6.10 Å². The highest BCUT2D eigenvalue weighted by atomic mass is 16.6. The van der Waals surface area contributed by atoms with Gasteiger partial charge < -0.3 is 4.74 Å². The van der Waals surface area contributed by atoms with Gasteiger partial charge in [0.1, 0.15) is 5.60 Å². The second-order valence-electron chi connectivity index (χ2n) is 6.32. The van der Waals surface area contributed by atoms with Gasteiger partial charge in [0.2, 0.25) is 0 Å². The summed E-state index contributed by atoms with van der Waals surface area (Å²) in [5.41, 5.74) is 2.13. The van der Waals surface area contributed by atoms with Crippen molar-refractivity contribution in [2.75, 3.05) is 4.90 Å². The molecule has 124 valence electrons. The first-order valence-electron chi connectivity index (χ1n) is 8.37. The standard InChI is InChI=1S/C22H19NO2/c1-22(17-11-5-2-6-12-17)20(25-22)21(24)23(18-13-7-3-8-14-18)19-15-9-4-10-16-19/h2-16,20H,1H3. The molecule has 0 radical (unpaired) electrons. The summed E-state index contributed by atoms with van der Waals surface area (Å²) >= 11 is 0. The Labute approximate surface area is 147 Å². The number of benzene rings is 3. The normalized spacial score (nSPS) is 21.6. The molecule has 0 saturated carbocycles. The Hall–Kier alpha value is -2.91. The topological polar surface area (TPSA) is 32.8 Å². The van der Waals surface area contributed by atoms with E-state index >= 15 is 0 Å². The maximum Gasteiger partial charge on any atom is 0.264 e. The fraction of sp³-hybridized carbons (Fsp3) is 0.136. The lowest BCUT2D eigenvalue weighted by Gasteiger charge is -2.23. The summed E-state index contributed by atoms with van der Waals surface area (Å²) < 4.78 is 5.89. The van der Waals surface area contributed by atoms with Gasteiger partial charge in [-0.05, 0) is 36.8 Å². The molecule has 0 N–H and O–H groups in total. The van der Waals surface area contributed by atoms with E-state index in [-0.39, 0.29) is 5.91 Å². The highest BCUT2D eigenvalue weighted by Crippen LogP contribution is 2.47. The van der Waals surface area contributed by atoms with Crippen LogP contribution in [0.5, 0.6) is 0 Å². The number of hydrogen-bond acceptors (Lipinski definition) is 2. The Bertz CT molecular complexity index is 825. The molecule has 1 aliphatic heterocycles. The Morgan fingerprint density at radius 2 is 1.24 bits per heavy atom. The number of hydrogen-bond donors (Lipinski definition) is 0. The molecule has 1 heterocycles. The van der Waals surface area contributed by atoms with Gasteiger partial charge in [0.05, 0.1) is 0 Å². The van der Waals surface area contributed by atoms with Crippen LogP contribution in [-0.4, -0.2) is 12.0 Å². The number of carbonyl (C=O) groups is 1. The van der Waals surface area contributed by atoms with Crippen molar-refractivity contribution in [3.63, 3.8) is 0 Å². The van der Waals surface area contributed by atoms with E-state index in [4.69, 9.17) is 4.74 Å². The third-order valence-electron chi connectivity index (χ3n) is 4.63. The summed E-state index contributed by atoms with van der Waals surface area (Å²) in [7, 11) is 0. The highest BCUT2D eigenvalue weighted by Gasteiger charge is 2.59. The van der Waals surface area contributed by atoms with E-state index in [1.54, 1.807) is 4.90 Å². The van der Waals surface area contributed by atoms with Crippen molar-refractivity contribution in [3.8, 4) is 0 Å². The number of para-hydroxylation sites is 2. The summed E-state index contributed by atoms with van der Waals surface area (Å²) in [5.74, 6) is -0.0521. The van der Waals surface area contributed by atoms with Crippen molar-refractivity contribution in [1.82, 2.24) is 0 Å². The molecule has 0 spiro atoms. The largest absolute Gasteiger partial charge is 0.351 e. The number of nitrogens with zero attached hydrogens (tertiary/aromatic N) is 1. The van der Waals surface area contributed by atoms with Gasteiger partial charge in [0.25, 0.3) is 5.91 Å². The van der Waals surface area contributed by atoms with Crippen molar-refractivity contribution >= 4 is 17.3 Å². The minimum Gasteiger partial charge on any atom is -0.351 e. The average Bonchev–Trinajstić information content (AvgIpc) is 3.38. The van der Waals surface area contributed by atoms with Crippen molar-refractivity contribution in [2.24, 2.45) is 0 Å². The lowest BCUT2D eigenvalue weighted by Crippen LogP contribution is -2.32. The zero-order chi connectivity index (χ0) is 17.3. The summed E-state index contributed by atoms with van der Waals surface area (Å²) in [4.78, 5) is 15.0. The van der Waals surface area contributed by atoms with Crippen molar-refractivity contribution in [3.05, 3.63) is 96.6 Å². The number of amides is 1. The van der Waals surface area contributed by atoms with Crippen LogP contribution in [0.2, 0.25) is 0 Å². The molecular formula is C22H19NO2. The summed E-state index contributed by atoms with van der Waals surface area (Å²) in [6.45, 7) is 1.97. The first-order chi connectivity index (χ1) is 12.2. The van der Waals surface area contributed by atoms with E-state index in [0.29, 0.717) is 0 Å². The summed E-state index contributed by atoms with van der Waals surface area (Å²) in [6.07, 6.45) is -0.490. The number of ether oxygens (including phenoxy) is 1. The molecular weight excluding hydrogens is 310 g/mol. The van der Waals surface area contributed by atoms with Crippen LogP contribution in [0.4, 0.5) is 11.4 Å². The van der Waals surface area contributed by atoms with Crippen LogP contribution in [0.25, 0.3) is 0 Å². The first-order valence-corrected chi connectivity index (χ1v) is 8.37. The number of anilines is 2. The Morgan fingerprint density at radius 3 is 1.72 bits per heavy atom. The smallest absolute Gasteiger partial charge is 0.264 e. The van der Waals surface area contributed by atoms with Crippen molar-refractivity contribution in [2.45, 2.75) is 18.6 Å². The lowest BCUT2D eigenvalue weighted by atomic mass is 9.96. The molecule has 3 heteroatoms. The van der Waals surface area contributed by atoms with Gasteiger partial charge in [-0.1, -0.05) is 66.7 Å². The number of rotatable bonds is 4. The number of carbonyl (C=O) groups excluding carboxylic acids is 1. The molecule has 3 nitrogen and oxygen atoms in total. The van der Waals surface area contributed by atoms with Crippen LogP contribution in [0.15, 0.2) is 91.0 Å². The van der Waals surface area contributed by atoms with E-state index in [1.807, 2.05) is 97.9 Å². The van der Waals surface area contributed by atoms with Crippen LogP contribution >= 0.6 is 0 Å². The lowest BCUT2D eigenvalue weighted by molar-refractivity contribution is -0.119. The van der Waals surface area contributed by atoms with E-state index in [0.717, 1.165) is 16.9 Å². The summed E-state index contributed by atoms with van der Waals surface area (Å²) in [5, 5.41) is 0. The Morgan fingerprint density at radius 1 is 0.800 bits per heavy atom. The minimum atomic E-state index is -0.569. The van der Waals surface area contributed by atoms with Gasteiger partial charge >= 0.3 is 0 Å². The van der Waals surface area contributed by atoms with E-state index < -0.39 is 11.7 Å². The maximum absolute atomic E-state index is 13.3. The quantitative estimate of drug-likeness (QED) is 0.652. The third kappa shape index (κ3) is 2.83. The zero-order valence-electron chi connectivity index (χ0n) is 14.0.